The maximum Gasteiger partial charge on any atom is 0.233 e. The van der Waals surface area contributed by atoms with E-state index in [1.807, 2.05) is 29.2 Å². The van der Waals surface area contributed by atoms with Crippen LogP contribution in [0.25, 0.3) is 0 Å². The average Bonchev–Trinajstić information content (AvgIpc) is 3.28. The summed E-state index contributed by atoms with van der Waals surface area (Å²) in [5.41, 5.74) is 2.24. The minimum absolute atomic E-state index is 0.156. The molecule has 0 saturated heterocycles. The lowest BCUT2D eigenvalue weighted by Crippen LogP contribution is -2.36. The fourth-order valence-corrected chi connectivity index (χ4v) is 5.65. The summed E-state index contributed by atoms with van der Waals surface area (Å²) in [7, 11) is 0. The normalized spacial score (nSPS) is 13.5. The Hall–Kier alpha value is -1.42. The van der Waals surface area contributed by atoms with Crippen molar-refractivity contribution < 1.29 is 4.79 Å². The van der Waals surface area contributed by atoms with Crippen LogP contribution in [-0.2, 0) is 17.8 Å². The summed E-state index contributed by atoms with van der Waals surface area (Å²) in [5, 5.41) is 14.4. The van der Waals surface area contributed by atoms with Gasteiger partial charge in [-0.15, -0.1) is 21.5 Å². The largest absolute Gasteiger partial charge is 0.337 e. The molecular weight excluding hydrogens is 452 g/mol. The van der Waals surface area contributed by atoms with E-state index in [2.05, 4.69) is 42.9 Å². The molecule has 2 aromatic heterocycles. The van der Waals surface area contributed by atoms with Gasteiger partial charge in [0.05, 0.1) is 5.75 Å². The lowest BCUT2D eigenvalue weighted by atomic mass is 10.1. The number of nitrogens with one attached hydrogen (secondary N) is 1. The van der Waals surface area contributed by atoms with Gasteiger partial charge in [-0.3, -0.25) is 4.79 Å². The number of fused-ring (bicyclic) bond motifs is 1. The van der Waals surface area contributed by atoms with Crippen LogP contribution in [0.5, 0.6) is 0 Å². The van der Waals surface area contributed by atoms with E-state index in [0.717, 1.165) is 39.1 Å². The first kappa shape index (κ1) is 18.0. The minimum atomic E-state index is 0.156. The number of aromatic nitrogens is 2. The molecule has 0 unspecified atom stereocenters. The van der Waals surface area contributed by atoms with Crippen LogP contribution in [0.1, 0.15) is 10.4 Å². The molecule has 9 heteroatoms. The van der Waals surface area contributed by atoms with Crippen LogP contribution < -0.4 is 5.32 Å². The summed E-state index contributed by atoms with van der Waals surface area (Å²) in [4.78, 5) is 15.8. The van der Waals surface area contributed by atoms with Crippen molar-refractivity contribution in [3.05, 3.63) is 50.6 Å². The van der Waals surface area contributed by atoms with E-state index in [9.17, 15) is 4.79 Å². The van der Waals surface area contributed by atoms with E-state index in [0.29, 0.717) is 5.75 Å². The molecule has 134 valence electrons. The van der Waals surface area contributed by atoms with Gasteiger partial charge in [-0.05, 0) is 41.6 Å². The third-order valence-corrected chi connectivity index (χ3v) is 7.43. The molecule has 0 saturated carbocycles. The van der Waals surface area contributed by atoms with Crippen molar-refractivity contribution in [2.45, 2.75) is 17.3 Å². The van der Waals surface area contributed by atoms with Gasteiger partial charge in [0.1, 0.15) is 0 Å². The first-order valence-corrected chi connectivity index (χ1v) is 11.5. The number of hydrogen-bond acceptors (Lipinski definition) is 7. The molecule has 3 aromatic rings. The number of nitrogens with zero attached hydrogens (tertiary/aromatic N) is 3. The molecule has 0 aliphatic carbocycles. The Morgan fingerprint density at radius 3 is 3.15 bits per heavy atom. The number of anilines is 2. The molecule has 5 nitrogen and oxygen atoms in total. The van der Waals surface area contributed by atoms with E-state index in [-0.39, 0.29) is 5.91 Å². The van der Waals surface area contributed by atoms with Gasteiger partial charge in [-0.2, -0.15) is 0 Å². The third kappa shape index (κ3) is 4.28. The van der Waals surface area contributed by atoms with Crippen molar-refractivity contribution in [3.8, 4) is 0 Å². The maximum atomic E-state index is 12.5. The zero-order valence-electron chi connectivity index (χ0n) is 13.6. The molecule has 0 fully saturated rings. The Kier molecular flexibility index (Phi) is 5.58. The van der Waals surface area contributed by atoms with E-state index < -0.39 is 0 Å². The van der Waals surface area contributed by atoms with Gasteiger partial charge >= 0.3 is 0 Å². The Balaban J connectivity index is 1.31. The summed E-state index contributed by atoms with van der Waals surface area (Å²) in [6, 6.07) is 10.00. The van der Waals surface area contributed by atoms with Crippen molar-refractivity contribution in [1.82, 2.24) is 15.1 Å². The van der Waals surface area contributed by atoms with Crippen LogP contribution in [0.3, 0.4) is 0 Å². The highest BCUT2D eigenvalue weighted by Crippen LogP contribution is 2.29. The van der Waals surface area contributed by atoms with Gasteiger partial charge in [-0.1, -0.05) is 45.1 Å². The number of thioether (sulfide) groups is 1. The van der Waals surface area contributed by atoms with Crippen LogP contribution >= 0.6 is 50.4 Å². The van der Waals surface area contributed by atoms with Crippen LogP contribution in [0, 0.1) is 0 Å². The molecule has 0 bridgehead atoms. The second-order valence-electron chi connectivity index (χ2n) is 5.73. The van der Waals surface area contributed by atoms with Gasteiger partial charge in [0, 0.05) is 28.1 Å². The highest BCUT2D eigenvalue weighted by molar-refractivity contribution is 9.10. The van der Waals surface area contributed by atoms with E-state index >= 15 is 0 Å². The number of hydrogen-bond donors (Lipinski definition) is 1. The first-order valence-electron chi connectivity index (χ1n) is 7.99. The van der Waals surface area contributed by atoms with E-state index in [4.69, 9.17) is 0 Å². The van der Waals surface area contributed by atoms with Crippen molar-refractivity contribution >= 4 is 67.1 Å². The quantitative estimate of drug-likeness (QED) is 0.548. The van der Waals surface area contributed by atoms with Crippen LogP contribution in [0.2, 0.25) is 0 Å². The molecule has 1 amide bonds. The molecule has 0 radical (unpaired) electrons. The summed E-state index contributed by atoms with van der Waals surface area (Å²) in [6.45, 7) is 1.53. The molecular formula is C17H15BrN4OS3. The summed E-state index contributed by atoms with van der Waals surface area (Å²) in [5.74, 6) is 0.550. The number of carbonyl (C=O) groups is 1. The smallest absolute Gasteiger partial charge is 0.233 e. The standard InChI is InChI=1S/C17H15BrN4OS3/c18-12-2-1-3-13(8-12)19-16-20-21-17(26-16)25-10-15(23)22-6-4-14-11(9-22)5-7-24-14/h1-3,5,7-8H,4,6,9-10H2,(H,19,20). The molecule has 0 atom stereocenters. The average molecular weight is 467 g/mol. The van der Waals surface area contributed by atoms with E-state index in [1.54, 1.807) is 11.3 Å². The maximum absolute atomic E-state index is 12.5. The van der Waals surface area contributed by atoms with E-state index in [1.165, 1.54) is 33.5 Å². The molecule has 3 heterocycles. The lowest BCUT2D eigenvalue weighted by molar-refractivity contribution is -0.129. The molecule has 1 aliphatic heterocycles. The fourth-order valence-electron chi connectivity index (χ4n) is 2.68. The number of benzene rings is 1. The predicted molar refractivity (Wildman–Crippen MR) is 111 cm³/mol. The molecule has 1 aromatic carbocycles. The topological polar surface area (TPSA) is 58.1 Å². The van der Waals surface area contributed by atoms with Gasteiger partial charge < -0.3 is 10.2 Å². The zero-order chi connectivity index (χ0) is 17.9. The second kappa shape index (κ2) is 8.08. The molecule has 1 N–H and O–H groups in total. The Labute approximate surface area is 172 Å². The zero-order valence-corrected chi connectivity index (χ0v) is 17.7. The molecule has 26 heavy (non-hydrogen) atoms. The Morgan fingerprint density at radius 2 is 2.27 bits per heavy atom. The lowest BCUT2D eigenvalue weighted by Gasteiger charge is -2.26. The second-order valence-corrected chi connectivity index (χ2v) is 9.85. The van der Waals surface area contributed by atoms with Crippen LogP contribution in [-0.4, -0.2) is 33.3 Å². The summed E-state index contributed by atoms with van der Waals surface area (Å²) in [6.07, 6.45) is 0.961. The fraction of sp³-hybridized carbons (Fsp3) is 0.235. The van der Waals surface area contributed by atoms with Gasteiger partial charge in [0.25, 0.3) is 0 Å². The van der Waals surface area contributed by atoms with Crippen molar-refractivity contribution in [1.29, 1.82) is 0 Å². The summed E-state index contributed by atoms with van der Waals surface area (Å²) < 4.78 is 1.80. The first-order chi connectivity index (χ1) is 12.7. The summed E-state index contributed by atoms with van der Waals surface area (Å²) >= 11 is 8.14. The van der Waals surface area contributed by atoms with Crippen molar-refractivity contribution in [2.24, 2.45) is 0 Å². The molecule has 4 rings (SSSR count). The number of rotatable bonds is 5. The van der Waals surface area contributed by atoms with Gasteiger partial charge in [0.2, 0.25) is 11.0 Å². The van der Waals surface area contributed by atoms with Crippen LogP contribution in [0.15, 0.2) is 44.5 Å². The Morgan fingerprint density at radius 1 is 1.35 bits per heavy atom. The number of halogens is 1. The van der Waals surface area contributed by atoms with Crippen molar-refractivity contribution in [2.75, 3.05) is 17.6 Å². The van der Waals surface area contributed by atoms with Crippen LogP contribution in [0.4, 0.5) is 10.8 Å². The van der Waals surface area contributed by atoms with Crippen molar-refractivity contribution in [3.63, 3.8) is 0 Å². The monoisotopic (exact) mass is 466 g/mol. The predicted octanol–water partition coefficient (Wildman–Crippen LogP) is 4.78. The minimum Gasteiger partial charge on any atom is -0.337 e. The SMILES string of the molecule is O=C(CSc1nnc(Nc2cccc(Br)c2)s1)N1CCc2sccc2C1. The number of carbonyl (C=O) groups excluding carboxylic acids is 1. The highest BCUT2D eigenvalue weighted by Gasteiger charge is 2.21. The number of amides is 1. The number of thiophene rings is 1. The van der Waals surface area contributed by atoms with Gasteiger partial charge in [-0.25, -0.2) is 0 Å². The van der Waals surface area contributed by atoms with Gasteiger partial charge in [0.15, 0.2) is 4.34 Å². The Bertz CT molecular complexity index is 926. The third-order valence-electron chi connectivity index (χ3n) is 3.96. The highest BCUT2D eigenvalue weighted by atomic mass is 79.9. The molecule has 0 spiro atoms. The molecule has 1 aliphatic rings.